The monoisotopic (exact) mass is 318 g/mol. The Balaban J connectivity index is 2.16. The summed E-state index contributed by atoms with van der Waals surface area (Å²) in [4.78, 5) is 15.1. The van der Waals surface area contributed by atoms with Gasteiger partial charge >= 0.3 is 0 Å². The molecule has 0 bridgehead atoms. The molecule has 0 heterocycles. The lowest BCUT2D eigenvalue weighted by atomic mass is 10.2. The number of methoxy groups -OCH3 is 1. The Bertz CT molecular complexity index is 702. The zero-order chi connectivity index (χ0) is 15.9. The van der Waals surface area contributed by atoms with Gasteiger partial charge in [0.05, 0.1) is 12.8 Å². The van der Waals surface area contributed by atoms with E-state index in [1.807, 2.05) is 12.1 Å². The first-order valence-corrected chi connectivity index (χ1v) is 6.85. The highest BCUT2D eigenvalue weighted by Crippen LogP contribution is 2.27. The van der Waals surface area contributed by atoms with Gasteiger partial charge in [-0.2, -0.15) is 0 Å². The van der Waals surface area contributed by atoms with E-state index in [2.05, 4.69) is 4.99 Å². The van der Waals surface area contributed by atoms with Gasteiger partial charge in [0.2, 0.25) is 0 Å². The Morgan fingerprint density at radius 3 is 2.77 bits per heavy atom. The second kappa shape index (κ2) is 7.47. The third kappa shape index (κ3) is 4.49. The van der Waals surface area contributed by atoms with Crippen molar-refractivity contribution in [2.24, 2.45) is 10.7 Å². The summed E-state index contributed by atoms with van der Waals surface area (Å²) >= 11 is 5.91. The van der Waals surface area contributed by atoms with Gasteiger partial charge in [-0.1, -0.05) is 17.7 Å². The average molecular weight is 319 g/mol. The lowest BCUT2D eigenvalue weighted by Gasteiger charge is -2.09. The van der Waals surface area contributed by atoms with E-state index < -0.39 is 5.91 Å². The Morgan fingerprint density at radius 1 is 1.27 bits per heavy atom. The molecule has 0 saturated heterocycles. The Kier molecular flexibility index (Phi) is 5.38. The summed E-state index contributed by atoms with van der Waals surface area (Å²) in [6, 6.07) is 12.5. The number of hydrogen-bond donors (Lipinski definition) is 1. The van der Waals surface area contributed by atoms with Crippen LogP contribution in [0.15, 0.2) is 47.5 Å². The van der Waals surface area contributed by atoms with Gasteiger partial charge in [-0.15, -0.1) is 0 Å². The van der Waals surface area contributed by atoms with Gasteiger partial charge < -0.3 is 15.2 Å². The fraction of sp³-hybridized carbons (Fsp3) is 0.125. The highest BCUT2D eigenvalue weighted by atomic mass is 35.5. The first kappa shape index (κ1) is 15.9. The van der Waals surface area contributed by atoms with Crippen molar-refractivity contribution in [2.75, 3.05) is 13.7 Å². The quantitative estimate of drug-likeness (QED) is 0.832. The van der Waals surface area contributed by atoms with E-state index in [9.17, 15) is 4.79 Å². The van der Waals surface area contributed by atoms with Crippen LogP contribution >= 0.6 is 11.6 Å². The standard InChI is InChI=1S/C16H15ClN2O3/c1-21-15-7-11(5-6-14(15)22-10-16(18)20)9-19-13-4-2-3-12(17)8-13/h2-9H,10H2,1H3,(H2,18,20). The number of primary amides is 1. The van der Waals surface area contributed by atoms with Crippen molar-refractivity contribution in [1.82, 2.24) is 0 Å². The number of amides is 1. The van der Waals surface area contributed by atoms with Crippen molar-refractivity contribution in [2.45, 2.75) is 0 Å². The number of aliphatic imine (C=N–C) groups is 1. The van der Waals surface area contributed by atoms with E-state index in [0.29, 0.717) is 16.5 Å². The topological polar surface area (TPSA) is 73.9 Å². The molecule has 0 unspecified atom stereocenters. The molecule has 0 aromatic heterocycles. The highest BCUT2D eigenvalue weighted by molar-refractivity contribution is 6.30. The third-order valence-electron chi connectivity index (χ3n) is 2.73. The average Bonchev–Trinajstić information content (AvgIpc) is 2.51. The lowest BCUT2D eigenvalue weighted by Crippen LogP contribution is -2.20. The van der Waals surface area contributed by atoms with Gasteiger partial charge in [-0.05, 0) is 42.0 Å². The molecule has 2 aromatic carbocycles. The summed E-state index contributed by atoms with van der Waals surface area (Å²) in [5.41, 5.74) is 6.62. The molecule has 0 atom stereocenters. The number of carbonyl (C=O) groups is 1. The van der Waals surface area contributed by atoms with E-state index in [-0.39, 0.29) is 6.61 Å². The van der Waals surface area contributed by atoms with Gasteiger partial charge in [0.1, 0.15) is 0 Å². The van der Waals surface area contributed by atoms with Crippen molar-refractivity contribution in [3.8, 4) is 11.5 Å². The summed E-state index contributed by atoms with van der Waals surface area (Å²) in [7, 11) is 1.52. The fourth-order valence-electron chi connectivity index (χ4n) is 1.74. The maximum atomic E-state index is 10.8. The van der Waals surface area contributed by atoms with Gasteiger partial charge in [0.25, 0.3) is 5.91 Å². The SMILES string of the molecule is COc1cc(C=Nc2cccc(Cl)c2)ccc1OCC(N)=O. The maximum absolute atomic E-state index is 10.8. The highest BCUT2D eigenvalue weighted by Gasteiger charge is 2.06. The number of rotatable bonds is 6. The molecule has 0 saturated carbocycles. The predicted molar refractivity (Wildman–Crippen MR) is 86.4 cm³/mol. The smallest absolute Gasteiger partial charge is 0.255 e. The van der Waals surface area contributed by atoms with Crippen LogP contribution in [0, 0.1) is 0 Å². The molecule has 0 aliphatic heterocycles. The first-order chi connectivity index (χ1) is 10.6. The second-order valence-electron chi connectivity index (χ2n) is 4.40. The molecule has 114 valence electrons. The number of halogens is 1. The molecule has 2 rings (SSSR count). The van der Waals surface area contributed by atoms with E-state index in [1.54, 1.807) is 36.5 Å². The van der Waals surface area contributed by atoms with E-state index in [0.717, 1.165) is 11.3 Å². The minimum Gasteiger partial charge on any atom is -0.493 e. The Hall–Kier alpha value is -2.53. The van der Waals surface area contributed by atoms with Crippen LogP contribution in [-0.4, -0.2) is 25.8 Å². The summed E-state index contributed by atoms with van der Waals surface area (Å²) < 4.78 is 10.5. The summed E-state index contributed by atoms with van der Waals surface area (Å²) in [6.07, 6.45) is 1.69. The van der Waals surface area contributed by atoms with Crippen LogP contribution in [0.3, 0.4) is 0 Å². The summed E-state index contributed by atoms with van der Waals surface area (Å²) in [5, 5.41) is 0.627. The predicted octanol–water partition coefficient (Wildman–Crippen LogP) is 2.96. The molecule has 0 aliphatic rings. The number of carbonyl (C=O) groups excluding carboxylic acids is 1. The maximum Gasteiger partial charge on any atom is 0.255 e. The second-order valence-corrected chi connectivity index (χ2v) is 4.84. The zero-order valence-corrected chi connectivity index (χ0v) is 12.7. The Morgan fingerprint density at radius 2 is 2.09 bits per heavy atom. The van der Waals surface area contributed by atoms with E-state index >= 15 is 0 Å². The van der Waals surface area contributed by atoms with Crippen LogP contribution in [0.25, 0.3) is 0 Å². The lowest BCUT2D eigenvalue weighted by molar-refractivity contribution is -0.119. The number of hydrogen-bond acceptors (Lipinski definition) is 4. The van der Waals surface area contributed by atoms with Crippen LogP contribution in [0.2, 0.25) is 5.02 Å². The minimum atomic E-state index is -0.548. The molecule has 6 heteroatoms. The molecular formula is C16H15ClN2O3. The molecule has 0 fully saturated rings. The molecule has 0 radical (unpaired) electrons. The summed E-state index contributed by atoms with van der Waals surface area (Å²) in [6.45, 7) is -0.202. The number of benzene rings is 2. The van der Waals surface area contributed by atoms with Crippen molar-refractivity contribution in [3.63, 3.8) is 0 Å². The molecule has 0 spiro atoms. The zero-order valence-electron chi connectivity index (χ0n) is 12.0. The van der Waals surface area contributed by atoms with Crippen LogP contribution in [0.1, 0.15) is 5.56 Å². The minimum absolute atomic E-state index is 0.202. The van der Waals surface area contributed by atoms with Crippen LogP contribution in [0.5, 0.6) is 11.5 Å². The van der Waals surface area contributed by atoms with E-state index in [1.165, 1.54) is 7.11 Å². The summed E-state index contributed by atoms with van der Waals surface area (Å²) in [5.74, 6) is 0.395. The molecule has 22 heavy (non-hydrogen) atoms. The van der Waals surface area contributed by atoms with Crippen LogP contribution < -0.4 is 15.2 Å². The van der Waals surface area contributed by atoms with Gasteiger partial charge in [-0.25, -0.2) is 0 Å². The number of nitrogens with zero attached hydrogens (tertiary/aromatic N) is 1. The number of nitrogens with two attached hydrogens (primary N) is 1. The van der Waals surface area contributed by atoms with Crippen LogP contribution in [-0.2, 0) is 4.79 Å². The van der Waals surface area contributed by atoms with Crippen molar-refractivity contribution in [3.05, 3.63) is 53.1 Å². The molecular weight excluding hydrogens is 304 g/mol. The molecule has 1 amide bonds. The van der Waals surface area contributed by atoms with Crippen molar-refractivity contribution in [1.29, 1.82) is 0 Å². The molecule has 2 N–H and O–H groups in total. The van der Waals surface area contributed by atoms with Crippen molar-refractivity contribution < 1.29 is 14.3 Å². The number of ether oxygens (including phenoxy) is 2. The molecule has 5 nitrogen and oxygen atoms in total. The Labute approximate surface area is 133 Å². The van der Waals surface area contributed by atoms with Gasteiger partial charge in [0.15, 0.2) is 18.1 Å². The molecule has 0 aliphatic carbocycles. The third-order valence-corrected chi connectivity index (χ3v) is 2.96. The van der Waals surface area contributed by atoms with E-state index in [4.69, 9.17) is 26.8 Å². The van der Waals surface area contributed by atoms with Crippen molar-refractivity contribution >= 4 is 29.4 Å². The van der Waals surface area contributed by atoms with Gasteiger partial charge in [0, 0.05) is 11.2 Å². The fourth-order valence-corrected chi connectivity index (χ4v) is 1.92. The van der Waals surface area contributed by atoms with Crippen LogP contribution in [0.4, 0.5) is 5.69 Å². The largest absolute Gasteiger partial charge is 0.493 e. The van der Waals surface area contributed by atoms with Gasteiger partial charge in [-0.3, -0.25) is 9.79 Å². The first-order valence-electron chi connectivity index (χ1n) is 6.47. The normalized spacial score (nSPS) is 10.6. The molecule has 2 aromatic rings.